The lowest BCUT2D eigenvalue weighted by Crippen LogP contribution is -2.19. The Morgan fingerprint density at radius 2 is 2.04 bits per heavy atom. The van der Waals surface area contributed by atoms with Crippen molar-refractivity contribution >= 4 is 10.9 Å². The number of nitrogens with zero attached hydrogens (tertiary/aromatic N) is 3. The topological polar surface area (TPSA) is 50.8 Å². The second kappa shape index (κ2) is 7.31. The van der Waals surface area contributed by atoms with Gasteiger partial charge in [-0.05, 0) is 49.4 Å². The molecule has 1 unspecified atom stereocenters. The second-order valence-corrected chi connectivity index (χ2v) is 6.91. The Labute approximate surface area is 154 Å². The third-order valence-electron chi connectivity index (χ3n) is 5.03. The van der Waals surface area contributed by atoms with Gasteiger partial charge >= 0.3 is 0 Å². The van der Waals surface area contributed by atoms with E-state index in [9.17, 15) is 5.26 Å². The number of aryl methyl sites for hydroxylation is 1. The van der Waals surface area contributed by atoms with Gasteiger partial charge in [-0.1, -0.05) is 37.6 Å². The monoisotopic (exact) mass is 345 g/mol. The number of hydrogen-bond acceptors (Lipinski definition) is 3. The van der Waals surface area contributed by atoms with Crippen molar-refractivity contribution in [2.24, 2.45) is 0 Å². The summed E-state index contributed by atoms with van der Waals surface area (Å²) in [5.41, 5.74) is 5.04. The van der Waals surface area contributed by atoms with Crippen LogP contribution in [0.1, 0.15) is 50.0 Å². The molecule has 2 heterocycles. The predicted octanol–water partition coefficient (Wildman–Crippen LogP) is 5.23. The van der Waals surface area contributed by atoms with E-state index < -0.39 is 0 Å². The first-order chi connectivity index (χ1) is 12.8. The lowest BCUT2D eigenvalue weighted by molar-refractivity contribution is -0.0365. The van der Waals surface area contributed by atoms with Crippen molar-refractivity contribution in [3.63, 3.8) is 0 Å². The van der Waals surface area contributed by atoms with E-state index >= 15 is 0 Å². The van der Waals surface area contributed by atoms with Gasteiger partial charge in [0, 0.05) is 17.6 Å². The summed E-state index contributed by atoms with van der Waals surface area (Å²) in [5.74, 6) is 0. The fourth-order valence-corrected chi connectivity index (χ4v) is 3.68. The highest BCUT2D eigenvalue weighted by Gasteiger charge is 2.21. The zero-order valence-corrected chi connectivity index (χ0v) is 15.1. The molecule has 4 nitrogen and oxygen atoms in total. The van der Waals surface area contributed by atoms with Gasteiger partial charge in [0.2, 0.25) is 0 Å². The van der Waals surface area contributed by atoms with Gasteiger partial charge in [0.1, 0.15) is 5.69 Å². The molecule has 1 fully saturated rings. The van der Waals surface area contributed by atoms with Crippen molar-refractivity contribution in [2.75, 3.05) is 6.61 Å². The summed E-state index contributed by atoms with van der Waals surface area (Å²) in [5, 5.41) is 15.2. The molecule has 4 heteroatoms. The Bertz CT molecular complexity index is 944. The highest BCUT2D eigenvalue weighted by Crippen LogP contribution is 2.33. The van der Waals surface area contributed by atoms with E-state index in [2.05, 4.69) is 37.3 Å². The van der Waals surface area contributed by atoms with Crippen LogP contribution in [0, 0.1) is 11.3 Å². The van der Waals surface area contributed by atoms with Crippen molar-refractivity contribution in [2.45, 2.75) is 45.3 Å². The van der Waals surface area contributed by atoms with E-state index in [4.69, 9.17) is 9.84 Å². The number of rotatable bonds is 4. The normalized spacial score (nSPS) is 17.3. The predicted molar refractivity (Wildman–Crippen MR) is 103 cm³/mol. The number of fused-ring (bicyclic) bond motifs is 1. The van der Waals surface area contributed by atoms with Gasteiger partial charge in [-0.2, -0.15) is 10.4 Å². The molecule has 2 aromatic carbocycles. The number of benzene rings is 2. The molecule has 0 spiro atoms. The summed E-state index contributed by atoms with van der Waals surface area (Å²) in [6.45, 7) is 2.97. The molecule has 1 saturated heterocycles. The third kappa shape index (κ3) is 3.11. The van der Waals surface area contributed by atoms with Crippen molar-refractivity contribution in [1.29, 1.82) is 5.26 Å². The maximum absolute atomic E-state index is 9.31. The number of hydrogen-bond donors (Lipinski definition) is 0. The summed E-state index contributed by atoms with van der Waals surface area (Å²) in [6, 6.07) is 16.7. The van der Waals surface area contributed by atoms with Gasteiger partial charge in [0.15, 0.2) is 6.23 Å². The molecule has 0 bridgehead atoms. The molecule has 3 aromatic rings. The second-order valence-electron chi connectivity index (χ2n) is 6.91. The van der Waals surface area contributed by atoms with Crippen LogP contribution in [0.3, 0.4) is 0 Å². The molecular weight excluding hydrogens is 322 g/mol. The molecule has 0 N–H and O–H groups in total. The molecule has 1 aliphatic heterocycles. The molecule has 0 amide bonds. The Kier molecular flexibility index (Phi) is 4.73. The summed E-state index contributed by atoms with van der Waals surface area (Å²) in [4.78, 5) is 0. The molecule has 1 atom stereocenters. The van der Waals surface area contributed by atoms with Gasteiger partial charge in [-0.3, -0.25) is 0 Å². The van der Waals surface area contributed by atoms with Gasteiger partial charge in [-0.25, -0.2) is 4.68 Å². The number of aromatic nitrogens is 2. The minimum atomic E-state index is -0.0210. The van der Waals surface area contributed by atoms with E-state index in [1.165, 1.54) is 5.56 Å². The fraction of sp³-hybridized carbons (Fsp3) is 0.364. The Balaban J connectivity index is 1.83. The molecule has 0 radical (unpaired) electrons. The van der Waals surface area contributed by atoms with Crippen LogP contribution in [-0.2, 0) is 11.2 Å². The zero-order chi connectivity index (χ0) is 17.9. The van der Waals surface area contributed by atoms with Crippen LogP contribution in [0.2, 0.25) is 0 Å². The lowest BCUT2D eigenvalue weighted by Gasteiger charge is -2.23. The SMILES string of the molecule is CCCc1ccc(-c2nn(C3CCCCO3)c3ccc(C#N)cc23)cc1. The van der Waals surface area contributed by atoms with Gasteiger partial charge in [0.25, 0.3) is 0 Å². The highest BCUT2D eigenvalue weighted by molar-refractivity contribution is 5.94. The maximum Gasteiger partial charge on any atom is 0.150 e. The van der Waals surface area contributed by atoms with Gasteiger partial charge in [0.05, 0.1) is 17.1 Å². The van der Waals surface area contributed by atoms with E-state index in [1.807, 2.05) is 22.9 Å². The average molecular weight is 345 g/mol. The van der Waals surface area contributed by atoms with Crippen LogP contribution in [0.25, 0.3) is 22.2 Å². The lowest BCUT2D eigenvalue weighted by atomic mass is 10.0. The highest BCUT2D eigenvalue weighted by atomic mass is 16.5. The fourth-order valence-electron chi connectivity index (χ4n) is 3.68. The van der Waals surface area contributed by atoms with Crippen molar-refractivity contribution in [1.82, 2.24) is 9.78 Å². The van der Waals surface area contributed by atoms with Crippen LogP contribution in [0.5, 0.6) is 0 Å². The number of ether oxygens (including phenoxy) is 1. The molecule has 0 aliphatic carbocycles. The van der Waals surface area contributed by atoms with Crippen molar-refractivity contribution < 1.29 is 4.74 Å². The standard InChI is InChI=1S/C22H23N3O/c1-2-5-16-7-10-18(11-8-16)22-19-14-17(15-23)9-12-20(19)25(24-22)21-6-3-4-13-26-21/h7-12,14,21H,2-6,13H2,1H3. The van der Waals surface area contributed by atoms with Gasteiger partial charge < -0.3 is 4.74 Å². The van der Waals surface area contributed by atoms with Crippen LogP contribution >= 0.6 is 0 Å². The van der Waals surface area contributed by atoms with Gasteiger partial charge in [-0.15, -0.1) is 0 Å². The zero-order valence-electron chi connectivity index (χ0n) is 15.1. The van der Waals surface area contributed by atoms with Crippen molar-refractivity contribution in [3.8, 4) is 17.3 Å². The minimum Gasteiger partial charge on any atom is -0.356 e. The van der Waals surface area contributed by atoms with Crippen LogP contribution < -0.4 is 0 Å². The van der Waals surface area contributed by atoms with E-state index in [0.717, 1.165) is 60.9 Å². The molecule has 4 rings (SSSR count). The smallest absolute Gasteiger partial charge is 0.150 e. The van der Waals surface area contributed by atoms with Crippen LogP contribution in [0.4, 0.5) is 0 Å². The summed E-state index contributed by atoms with van der Waals surface area (Å²) in [7, 11) is 0. The van der Waals surface area contributed by atoms with Crippen LogP contribution in [-0.4, -0.2) is 16.4 Å². The summed E-state index contributed by atoms with van der Waals surface area (Å²) >= 11 is 0. The first kappa shape index (κ1) is 16.8. The third-order valence-corrected chi connectivity index (χ3v) is 5.03. The molecule has 26 heavy (non-hydrogen) atoms. The summed E-state index contributed by atoms with van der Waals surface area (Å²) < 4.78 is 7.97. The average Bonchev–Trinajstić information content (AvgIpc) is 3.08. The quantitative estimate of drug-likeness (QED) is 0.651. The summed E-state index contributed by atoms with van der Waals surface area (Å²) in [6.07, 6.45) is 5.45. The molecule has 1 aromatic heterocycles. The van der Waals surface area contributed by atoms with E-state index in [-0.39, 0.29) is 6.23 Å². The Morgan fingerprint density at radius 1 is 1.19 bits per heavy atom. The maximum atomic E-state index is 9.31. The first-order valence-electron chi connectivity index (χ1n) is 9.43. The van der Waals surface area contributed by atoms with Crippen molar-refractivity contribution in [3.05, 3.63) is 53.6 Å². The molecular formula is C22H23N3O. The minimum absolute atomic E-state index is 0.0210. The van der Waals surface area contributed by atoms with E-state index in [0.29, 0.717) is 5.56 Å². The first-order valence-corrected chi connectivity index (χ1v) is 9.43. The Morgan fingerprint density at radius 3 is 2.73 bits per heavy atom. The van der Waals surface area contributed by atoms with E-state index in [1.54, 1.807) is 0 Å². The molecule has 132 valence electrons. The van der Waals surface area contributed by atoms with Crippen LogP contribution in [0.15, 0.2) is 42.5 Å². The Hall–Kier alpha value is -2.64. The largest absolute Gasteiger partial charge is 0.356 e. The molecule has 1 aliphatic rings. The number of nitriles is 1. The molecule has 0 saturated carbocycles.